The van der Waals surface area contributed by atoms with Crippen LogP contribution in [-0.4, -0.2) is 43.8 Å². The number of aryl methyl sites for hydroxylation is 1. The van der Waals surface area contributed by atoms with Gasteiger partial charge in [-0.05, 0) is 56.4 Å². The molecule has 2 N–H and O–H groups in total. The summed E-state index contributed by atoms with van der Waals surface area (Å²) in [6, 6.07) is 7.50. The molecule has 4 aromatic rings. The maximum atomic E-state index is 13.8. The van der Waals surface area contributed by atoms with Crippen molar-refractivity contribution >= 4 is 28.3 Å². The van der Waals surface area contributed by atoms with Crippen molar-refractivity contribution in [1.82, 2.24) is 24.3 Å². The molecule has 4 heterocycles. The standard InChI is InChI=1S/C27H26N6O2/c1-15-10-21-22(33-14-29-12-23(33)26(28)31-21)11-20(15)27(34)32(3)24-13-35-16(2)25-19(24)9-8-18(30-25)7-6-17-4-5-17/h8-12,14,16-17,24H,4-5,13H2,1-3H3,(H2,28,31). The molecule has 1 aliphatic carbocycles. The number of nitrogens with two attached hydrogens (primary N) is 1. The van der Waals surface area contributed by atoms with Crippen LogP contribution in [0.2, 0.25) is 0 Å². The number of pyridine rings is 1. The topological polar surface area (TPSA) is 98.6 Å². The van der Waals surface area contributed by atoms with Crippen LogP contribution >= 0.6 is 0 Å². The maximum absolute atomic E-state index is 13.8. The van der Waals surface area contributed by atoms with Gasteiger partial charge >= 0.3 is 0 Å². The zero-order valence-corrected chi connectivity index (χ0v) is 19.9. The number of hydrogen-bond donors (Lipinski definition) is 1. The molecule has 1 aromatic carbocycles. The molecule has 0 spiro atoms. The second kappa shape index (κ2) is 8.07. The van der Waals surface area contributed by atoms with E-state index >= 15 is 0 Å². The molecule has 176 valence electrons. The van der Waals surface area contributed by atoms with Gasteiger partial charge in [-0.3, -0.25) is 9.20 Å². The Labute approximate surface area is 203 Å². The summed E-state index contributed by atoms with van der Waals surface area (Å²) < 4.78 is 7.90. The van der Waals surface area contributed by atoms with Gasteiger partial charge in [-0.25, -0.2) is 15.0 Å². The second-order valence-corrected chi connectivity index (χ2v) is 9.42. The molecule has 8 nitrogen and oxygen atoms in total. The van der Waals surface area contributed by atoms with Crippen molar-refractivity contribution < 1.29 is 9.53 Å². The van der Waals surface area contributed by atoms with Crippen molar-refractivity contribution in [2.24, 2.45) is 5.92 Å². The molecule has 1 saturated carbocycles. The minimum Gasteiger partial charge on any atom is -0.382 e. The smallest absolute Gasteiger partial charge is 0.254 e. The summed E-state index contributed by atoms with van der Waals surface area (Å²) in [5, 5.41) is 0. The Morgan fingerprint density at radius 3 is 2.86 bits per heavy atom. The number of anilines is 1. The summed E-state index contributed by atoms with van der Waals surface area (Å²) in [6.45, 7) is 4.31. The number of amides is 1. The summed E-state index contributed by atoms with van der Waals surface area (Å²) in [7, 11) is 1.81. The number of hydrogen-bond acceptors (Lipinski definition) is 6. The van der Waals surface area contributed by atoms with Crippen LogP contribution in [0.4, 0.5) is 5.82 Å². The van der Waals surface area contributed by atoms with Crippen molar-refractivity contribution in [2.45, 2.75) is 38.8 Å². The van der Waals surface area contributed by atoms with Gasteiger partial charge in [0.1, 0.15) is 17.0 Å². The van der Waals surface area contributed by atoms with E-state index in [1.165, 1.54) is 12.8 Å². The fourth-order valence-electron chi connectivity index (χ4n) is 4.68. The first-order valence-corrected chi connectivity index (χ1v) is 11.8. The molecule has 1 fully saturated rings. The van der Waals surface area contributed by atoms with Crippen LogP contribution in [0.5, 0.6) is 0 Å². The lowest BCUT2D eigenvalue weighted by atomic mass is 9.97. The van der Waals surface area contributed by atoms with E-state index in [0.29, 0.717) is 34.9 Å². The fraction of sp³-hybridized carbons (Fsp3) is 0.333. The molecule has 2 aliphatic rings. The molecule has 2 unspecified atom stereocenters. The molecular formula is C27H26N6O2. The predicted octanol–water partition coefficient (Wildman–Crippen LogP) is 3.83. The molecule has 6 rings (SSSR count). The van der Waals surface area contributed by atoms with Gasteiger partial charge in [0.05, 0.1) is 48.0 Å². The van der Waals surface area contributed by atoms with Gasteiger partial charge in [0, 0.05) is 24.1 Å². The summed E-state index contributed by atoms with van der Waals surface area (Å²) in [4.78, 5) is 29.0. The Kier molecular flexibility index (Phi) is 4.97. The van der Waals surface area contributed by atoms with E-state index in [2.05, 4.69) is 21.8 Å². The van der Waals surface area contributed by atoms with Crippen LogP contribution in [0.15, 0.2) is 36.8 Å². The predicted molar refractivity (Wildman–Crippen MR) is 133 cm³/mol. The monoisotopic (exact) mass is 466 g/mol. The number of aromatic nitrogens is 4. The van der Waals surface area contributed by atoms with E-state index in [1.54, 1.807) is 17.4 Å². The molecular weight excluding hydrogens is 440 g/mol. The lowest BCUT2D eigenvalue weighted by molar-refractivity contribution is 0.00239. The van der Waals surface area contributed by atoms with Crippen molar-refractivity contribution in [1.29, 1.82) is 0 Å². The second-order valence-electron chi connectivity index (χ2n) is 9.42. The Balaban J connectivity index is 1.36. The number of nitrogen functional groups attached to an aromatic ring is 1. The number of carbonyl (C=O) groups excluding carboxylic acids is 1. The van der Waals surface area contributed by atoms with Gasteiger partial charge in [-0.15, -0.1) is 0 Å². The number of fused-ring (bicyclic) bond motifs is 4. The highest BCUT2D eigenvalue weighted by Crippen LogP contribution is 2.35. The van der Waals surface area contributed by atoms with Crippen LogP contribution in [0.1, 0.15) is 64.8 Å². The largest absolute Gasteiger partial charge is 0.382 e. The first kappa shape index (κ1) is 21.6. The minimum absolute atomic E-state index is 0.0961. The third kappa shape index (κ3) is 3.69. The minimum atomic E-state index is -0.250. The third-order valence-corrected chi connectivity index (χ3v) is 6.93. The number of likely N-dealkylation sites (N-methyl/N-ethyl adjacent to an activating group) is 1. The summed E-state index contributed by atoms with van der Waals surface area (Å²) in [5.41, 5.74) is 12.3. The number of carbonyl (C=O) groups is 1. The van der Waals surface area contributed by atoms with Crippen LogP contribution in [0.25, 0.3) is 16.6 Å². The van der Waals surface area contributed by atoms with Gasteiger partial charge in [0.15, 0.2) is 0 Å². The van der Waals surface area contributed by atoms with E-state index in [-0.39, 0.29) is 18.1 Å². The summed E-state index contributed by atoms with van der Waals surface area (Å²) in [5.74, 6) is 7.28. The lowest BCUT2D eigenvalue weighted by Crippen LogP contribution is -2.37. The number of ether oxygens (including phenoxy) is 1. The summed E-state index contributed by atoms with van der Waals surface area (Å²) in [6.07, 6.45) is 5.56. The Morgan fingerprint density at radius 2 is 2.06 bits per heavy atom. The number of rotatable bonds is 2. The molecule has 8 heteroatoms. The molecule has 35 heavy (non-hydrogen) atoms. The molecule has 0 bridgehead atoms. The fourth-order valence-corrected chi connectivity index (χ4v) is 4.68. The average Bonchev–Trinajstić information content (AvgIpc) is 3.55. The quantitative estimate of drug-likeness (QED) is 0.451. The Morgan fingerprint density at radius 1 is 1.23 bits per heavy atom. The van der Waals surface area contributed by atoms with Gasteiger partial charge in [-0.2, -0.15) is 0 Å². The van der Waals surface area contributed by atoms with Gasteiger partial charge in [-0.1, -0.05) is 12.0 Å². The number of benzene rings is 1. The number of nitrogens with zero attached hydrogens (tertiary/aromatic N) is 5. The summed E-state index contributed by atoms with van der Waals surface area (Å²) >= 11 is 0. The van der Waals surface area contributed by atoms with E-state index in [4.69, 9.17) is 15.5 Å². The molecule has 0 saturated heterocycles. The van der Waals surface area contributed by atoms with Crippen LogP contribution in [0.3, 0.4) is 0 Å². The van der Waals surface area contributed by atoms with Gasteiger partial charge in [0.2, 0.25) is 0 Å². The zero-order valence-electron chi connectivity index (χ0n) is 19.9. The molecule has 3 aromatic heterocycles. The van der Waals surface area contributed by atoms with Crippen LogP contribution in [0, 0.1) is 24.7 Å². The van der Waals surface area contributed by atoms with Crippen molar-refractivity contribution in [3.05, 3.63) is 64.9 Å². The molecule has 1 amide bonds. The molecule has 2 atom stereocenters. The normalized spacial score (nSPS) is 19.3. The average molecular weight is 467 g/mol. The van der Waals surface area contributed by atoms with Crippen LogP contribution < -0.4 is 5.73 Å². The Bertz CT molecular complexity index is 1560. The SMILES string of the molecule is Cc1cc2nc(N)c3cncn3c2cc1C(=O)N(C)C1COC(C)c2nc(C#CC3CC3)ccc21. The van der Waals surface area contributed by atoms with Gasteiger partial charge < -0.3 is 15.4 Å². The van der Waals surface area contributed by atoms with Crippen molar-refractivity contribution in [3.8, 4) is 11.8 Å². The van der Waals surface area contributed by atoms with Crippen molar-refractivity contribution in [3.63, 3.8) is 0 Å². The van der Waals surface area contributed by atoms with E-state index in [1.807, 2.05) is 49.6 Å². The lowest BCUT2D eigenvalue weighted by Gasteiger charge is -2.35. The Hall–Kier alpha value is -3.96. The molecule has 1 aliphatic heterocycles. The van der Waals surface area contributed by atoms with Crippen molar-refractivity contribution in [2.75, 3.05) is 19.4 Å². The first-order valence-electron chi connectivity index (χ1n) is 11.8. The van der Waals surface area contributed by atoms with Gasteiger partial charge in [0.25, 0.3) is 5.91 Å². The van der Waals surface area contributed by atoms with E-state index < -0.39 is 0 Å². The highest BCUT2D eigenvalue weighted by Gasteiger charge is 2.33. The van der Waals surface area contributed by atoms with E-state index in [0.717, 1.165) is 28.0 Å². The number of imidazole rings is 1. The highest BCUT2D eigenvalue weighted by molar-refractivity contribution is 5.99. The van der Waals surface area contributed by atoms with E-state index in [9.17, 15) is 4.79 Å². The first-order chi connectivity index (χ1) is 16.9. The maximum Gasteiger partial charge on any atom is 0.254 e. The third-order valence-electron chi connectivity index (χ3n) is 6.93. The van der Waals surface area contributed by atoms with Crippen LogP contribution in [-0.2, 0) is 4.74 Å². The molecule has 0 radical (unpaired) electrons. The highest BCUT2D eigenvalue weighted by atomic mass is 16.5. The zero-order chi connectivity index (χ0) is 24.3.